The van der Waals surface area contributed by atoms with E-state index in [0.717, 1.165) is 5.56 Å². The van der Waals surface area contributed by atoms with Crippen molar-refractivity contribution in [2.75, 3.05) is 21.3 Å². The molecule has 22 heavy (non-hydrogen) atoms. The molecule has 0 heterocycles. The summed E-state index contributed by atoms with van der Waals surface area (Å²) in [5, 5.41) is 4.24. The number of nitrogens with zero attached hydrogens (tertiary/aromatic N) is 1. The third-order valence-electron chi connectivity index (χ3n) is 2.37. The van der Waals surface area contributed by atoms with E-state index in [-0.39, 0.29) is 10.2 Å². The van der Waals surface area contributed by atoms with Crippen LogP contribution in [0.4, 0.5) is 0 Å². The second kappa shape index (κ2) is 8.85. The molecule has 0 aliphatic heterocycles. The van der Waals surface area contributed by atoms with Crippen LogP contribution in [0, 0.1) is 0 Å². The molecule has 0 aromatic heterocycles. The SMILES string of the molecule is COc1cc(C=NNC(=S)NNC(N)=S)cc(OC)c1OC. The lowest BCUT2D eigenvalue weighted by Crippen LogP contribution is -2.47. The molecule has 120 valence electrons. The van der Waals surface area contributed by atoms with E-state index < -0.39 is 0 Å². The second-order valence-electron chi connectivity index (χ2n) is 3.77. The van der Waals surface area contributed by atoms with Crippen LogP contribution in [-0.2, 0) is 0 Å². The van der Waals surface area contributed by atoms with Gasteiger partial charge in [0.05, 0.1) is 27.5 Å². The van der Waals surface area contributed by atoms with Crippen LogP contribution in [0.5, 0.6) is 17.2 Å². The Morgan fingerprint density at radius 2 is 1.68 bits per heavy atom. The van der Waals surface area contributed by atoms with Crippen molar-refractivity contribution in [3.63, 3.8) is 0 Å². The molecule has 0 bridgehead atoms. The molecule has 1 aromatic carbocycles. The largest absolute Gasteiger partial charge is 0.493 e. The lowest BCUT2D eigenvalue weighted by atomic mass is 10.2. The molecule has 10 heteroatoms. The van der Waals surface area contributed by atoms with Gasteiger partial charge in [-0.1, -0.05) is 0 Å². The summed E-state index contributed by atoms with van der Waals surface area (Å²) in [6, 6.07) is 3.49. The Hall–Kier alpha value is -2.33. The fraction of sp³-hybridized carbons (Fsp3) is 0.250. The minimum Gasteiger partial charge on any atom is -0.493 e. The highest BCUT2D eigenvalue weighted by Crippen LogP contribution is 2.37. The summed E-state index contributed by atoms with van der Waals surface area (Å²) in [6.45, 7) is 0. The zero-order chi connectivity index (χ0) is 16.5. The topological polar surface area (TPSA) is 102 Å². The highest BCUT2D eigenvalue weighted by molar-refractivity contribution is 7.80. The van der Waals surface area contributed by atoms with E-state index in [1.165, 1.54) is 21.3 Å². The molecule has 0 radical (unpaired) electrons. The van der Waals surface area contributed by atoms with Gasteiger partial charge in [0.2, 0.25) is 10.9 Å². The molecular formula is C12H17N5O3S2. The van der Waals surface area contributed by atoms with Gasteiger partial charge in [-0.25, -0.2) is 0 Å². The number of ether oxygens (including phenoxy) is 3. The maximum Gasteiger partial charge on any atom is 0.205 e. The van der Waals surface area contributed by atoms with E-state index >= 15 is 0 Å². The number of hydrazine groups is 1. The molecule has 0 spiro atoms. The maximum absolute atomic E-state index is 5.25. The highest BCUT2D eigenvalue weighted by atomic mass is 32.1. The Labute approximate surface area is 139 Å². The monoisotopic (exact) mass is 343 g/mol. The summed E-state index contributed by atoms with van der Waals surface area (Å²) in [7, 11) is 4.61. The Morgan fingerprint density at radius 1 is 1.09 bits per heavy atom. The summed E-state index contributed by atoms with van der Waals surface area (Å²) in [6.07, 6.45) is 1.54. The summed E-state index contributed by atoms with van der Waals surface area (Å²) in [4.78, 5) is 0. The maximum atomic E-state index is 5.25. The van der Waals surface area contributed by atoms with Crippen molar-refractivity contribution in [1.82, 2.24) is 16.3 Å². The number of rotatable bonds is 5. The van der Waals surface area contributed by atoms with Gasteiger partial charge in [0.15, 0.2) is 16.6 Å². The zero-order valence-corrected chi connectivity index (χ0v) is 13.9. The molecule has 0 atom stereocenters. The number of nitrogens with one attached hydrogen (secondary N) is 3. The van der Waals surface area contributed by atoms with Crippen molar-refractivity contribution >= 4 is 40.9 Å². The molecule has 8 nitrogen and oxygen atoms in total. The zero-order valence-electron chi connectivity index (χ0n) is 12.3. The van der Waals surface area contributed by atoms with Crippen molar-refractivity contribution in [3.8, 4) is 17.2 Å². The van der Waals surface area contributed by atoms with Gasteiger partial charge in [-0.15, -0.1) is 0 Å². The summed E-state index contributed by atoms with van der Waals surface area (Å²) >= 11 is 9.56. The van der Waals surface area contributed by atoms with Gasteiger partial charge in [-0.3, -0.25) is 16.3 Å². The van der Waals surface area contributed by atoms with Crippen LogP contribution in [0.1, 0.15) is 5.56 Å². The second-order valence-corrected chi connectivity index (χ2v) is 4.62. The number of hydrogen-bond acceptors (Lipinski definition) is 6. The number of methoxy groups -OCH3 is 3. The average Bonchev–Trinajstić information content (AvgIpc) is 2.51. The fourth-order valence-electron chi connectivity index (χ4n) is 1.49. The third-order valence-corrected chi connectivity index (χ3v) is 2.66. The Balaban J connectivity index is 2.78. The molecule has 0 saturated heterocycles. The van der Waals surface area contributed by atoms with E-state index in [2.05, 4.69) is 33.6 Å². The van der Waals surface area contributed by atoms with Crippen LogP contribution in [0.3, 0.4) is 0 Å². The standard InChI is InChI=1S/C12H17N5O3S2/c1-18-8-4-7(5-9(19-2)10(8)20-3)6-14-16-12(22)17-15-11(13)21/h4-6H,1-3H3,(H3,13,15,21)(H2,16,17,22). The van der Waals surface area contributed by atoms with E-state index in [9.17, 15) is 0 Å². The Morgan fingerprint density at radius 3 is 2.14 bits per heavy atom. The van der Waals surface area contributed by atoms with Gasteiger partial charge in [0.1, 0.15) is 0 Å². The normalized spacial score (nSPS) is 9.95. The minimum absolute atomic E-state index is 0.0674. The molecule has 1 rings (SSSR count). The molecule has 0 fully saturated rings. The first-order valence-corrected chi connectivity index (χ1v) is 6.78. The van der Waals surface area contributed by atoms with Gasteiger partial charge in [0.25, 0.3) is 0 Å². The summed E-state index contributed by atoms with van der Waals surface area (Å²) < 4.78 is 15.7. The smallest absolute Gasteiger partial charge is 0.205 e. The third kappa shape index (κ3) is 5.22. The van der Waals surface area contributed by atoms with Crippen LogP contribution >= 0.6 is 24.4 Å². The van der Waals surface area contributed by atoms with Gasteiger partial charge in [0, 0.05) is 5.56 Å². The first-order valence-electron chi connectivity index (χ1n) is 5.96. The molecule has 0 amide bonds. The van der Waals surface area contributed by atoms with Gasteiger partial charge in [-0.2, -0.15) is 5.10 Å². The van der Waals surface area contributed by atoms with Crippen LogP contribution in [0.15, 0.2) is 17.2 Å². The quantitative estimate of drug-likeness (QED) is 0.340. The lowest BCUT2D eigenvalue weighted by Gasteiger charge is -2.12. The van der Waals surface area contributed by atoms with E-state index in [1.54, 1.807) is 18.3 Å². The van der Waals surface area contributed by atoms with Crippen LogP contribution in [-0.4, -0.2) is 37.8 Å². The molecule has 0 unspecified atom stereocenters. The van der Waals surface area contributed by atoms with Crippen LogP contribution < -0.4 is 36.2 Å². The Bertz CT molecular complexity index is 555. The first-order chi connectivity index (χ1) is 10.5. The van der Waals surface area contributed by atoms with Crippen LogP contribution in [0.25, 0.3) is 0 Å². The lowest BCUT2D eigenvalue weighted by molar-refractivity contribution is 0.324. The molecule has 0 saturated carbocycles. The fourth-order valence-corrected chi connectivity index (χ4v) is 1.64. The molecule has 0 aliphatic rings. The Kier molecular flexibility index (Phi) is 7.13. The van der Waals surface area contributed by atoms with Gasteiger partial charge < -0.3 is 19.9 Å². The van der Waals surface area contributed by atoms with Crippen molar-refractivity contribution < 1.29 is 14.2 Å². The average molecular weight is 343 g/mol. The van der Waals surface area contributed by atoms with Crippen LogP contribution in [0.2, 0.25) is 0 Å². The van der Waals surface area contributed by atoms with Crippen molar-refractivity contribution in [3.05, 3.63) is 17.7 Å². The minimum atomic E-state index is 0.0674. The van der Waals surface area contributed by atoms with Crippen molar-refractivity contribution in [2.45, 2.75) is 0 Å². The first kappa shape index (κ1) is 17.7. The number of benzene rings is 1. The van der Waals surface area contributed by atoms with Gasteiger partial charge >= 0.3 is 0 Å². The van der Waals surface area contributed by atoms with Crippen molar-refractivity contribution in [1.29, 1.82) is 0 Å². The molecule has 5 N–H and O–H groups in total. The molecule has 1 aromatic rings. The summed E-state index contributed by atoms with van der Waals surface area (Å²) in [5.41, 5.74) is 13.6. The molecule has 0 aliphatic carbocycles. The van der Waals surface area contributed by atoms with E-state index in [1.807, 2.05) is 0 Å². The predicted molar refractivity (Wildman–Crippen MR) is 92.5 cm³/mol. The van der Waals surface area contributed by atoms with Crippen molar-refractivity contribution in [2.24, 2.45) is 10.8 Å². The number of hydrogen-bond donors (Lipinski definition) is 4. The number of hydrazone groups is 1. The van der Waals surface area contributed by atoms with E-state index in [4.69, 9.17) is 32.2 Å². The highest BCUT2D eigenvalue weighted by Gasteiger charge is 2.12. The predicted octanol–water partition coefficient (Wildman–Crippen LogP) is 0.259. The van der Waals surface area contributed by atoms with E-state index in [0.29, 0.717) is 17.2 Å². The number of nitrogens with two attached hydrogens (primary N) is 1. The number of thiocarbonyl (C=S) groups is 2. The summed E-state index contributed by atoms with van der Waals surface area (Å²) in [5.74, 6) is 1.56. The van der Waals surface area contributed by atoms with Gasteiger partial charge in [-0.05, 0) is 36.6 Å². The molecular weight excluding hydrogens is 326 g/mol.